The van der Waals surface area contributed by atoms with Crippen molar-refractivity contribution >= 4 is 5.91 Å². The van der Waals surface area contributed by atoms with Gasteiger partial charge in [-0.05, 0) is 48.7 Å². The van der Waals surface area contributed by atoms with E-state index in [4.69, 9.17) is 9.47 Å². The summed E-state index contributed by atoms with van der Waals surface area (Å²) < 4.78 is 24.5. The highest BCUT2D eigenvalue weighted by Crippen LogP contribution is 2.21. The number of carbonyl (C=O) groups excluding carboxylic acids is 1. The zero-order valence-corrected chi connectivity index (χ0v) is 16.7. The summed E-state index contributed by atoms with van der Waals surface area (Å²) in [4.78, 5) is 16.5. The van der Waals surface area contributed by atoms with Gasteiger partial charge in [0.25, 0.3) is 5.91 Å². The second-order valence-corrected chi connectivity index (χ2v) is 7.11. The molecule has 0 radical (unpaired) electrons. The molecule has 0 aromatic heterocycles. The Morgan fingerprint density at radius 3 is 2.50 bits per heavy atom. The van der Waals surface area contributed by atoms with Crippen LogP contribution in [0.15, 0.2) is 36.4 Å². The highest BCUT2D eigenvalue weighted by Gasteiger charge is 2.22. The monoisotopic (exact) mass is 386 g/mol. The van der Waals surface area contributed by atoms with Crippen LogP contribution in [0.2, 0.25) is 0 Å². The highest BCUT2D eigenvalue weighted by molar-refractivity contribution is 5.78. The Morgan fingerprint density at radius 1 is 1.07 bits per heavy atom. The van der Waals surface area contributed by atoms with Crippen LogP contribution in [0, 0.1) is 19.7 Å². The summed E-state index contributed by atoms with van der Waals surface area (Å²) in [5.41, 5.74) is 3.11. The lowest BCUT2D eigenvalue weighted by molar-refractivity contribution is -0.135. The third kappa shape index (κ3) is 4.81. The van der Waals surface area contributed by atoms with E-state index in [9.17, 15) is 9.18 Å². The predicted molar refractivity (Wildman–Crippen MR) is 106 cm³/mol. The fourth-order valence-electron chi connectivity index (χ4n) is 3.33. The van der Waals surface area contributed by atoms with Crippen molar-refractivity contribution in [2.45, 2.75) is 20.4 Å². The highest BCUT2D eigenvalue weighted by atomic mass is 19.1. The van der Waals surface area contributed by atoms with Crippen LogP contribution in [0.25, 0.3) is 0 Å². The second kappa shape index (κ2) is 9.06. The number of carbonyl (C=O) groups is 1. The first kappa shape index (κ1) is 20.1. The molecular weight excluding hydrogens is 359 g/mol. The number of rotatable bonds is 6. The van der Waals surface area contributed by atoms with Gasteiger partial charge >= 0.3 is 0 Å². The molecule has 1 amide bonds. The van der Waals surface area contributed by atoms with Gasteiger partial charge in [-0.2, -0.15) is 0 Å². The van der Waals surface area contributed by atoms with Crippen molar-refractivity contribution in [1.29, 1.82) is 0 Å². The molecule has 5 nitrogen and oxygen atoms in total. The smallest absolute Gasteiger partial charge is 0.260 e. The fraction of sp³-hybridized carbons (Fsp3) is 0.409. The molecule has 6 heteroatoms. The van der Waals surface area contributed by atoms with Crippen LogP contribution in [0.3, 0.4) is 0 Å². The SMILES string of the molecule is COc1ccc(CN2CCN(C(=O)COc3cccc(C)c3C)CC2)cc1F. The van der Waals surface area contributed by atoms with E-state index in [1.54, 1.807) is 6.07 Å². The van der Waals surface area contributed by atoms with Crippen molar-refractivity contribution in [1.82, 2.24) is 9.80 Å². The molecule has 0 unspecified atom stereocenters. The van der Waals surface area contributed by atoms with Crippen LogP contribution < -0.4 is 9.47 Å². The third-order valence-electron chi connectivity index (χ3n) is 5.25. The Hall–Kier alpha value is -2.60. The number of aryl methyl sites for hydroxylation is 1. The number of amides is 1. The van der Waals surface area contributed by atoms with E-state index in [2.05, 4.69) is 4.90 Å². The molecule has 1 aliphatic heterocycles. The molecule has 1 fully saturated rings. The summed E-state index contributed by atoms with van der Waals surface area (Å²) in [5.74, 6) is 0.657. The largest absolute Gasteiger partial charge is 0.494 e. The number of halogens is 1. The van der Waals surface area contributed by atoms with Gasteiger partial charge in [0.2, 0.25) is 0 Å². The van der Waals surface area contributed by atoms with Gasteiger partial charge < -0.3 is 14.4 Å². The van der Waals surface area contributed by atoms with Gasteiger partial charge in [0.1, 0.15) is 5.75 Å². The Labute approximate surface area is 165 Å². The van der Waals surface area contributed by atoms with Crippen LogP contribution in [-0.2, 0) is 11.3 Å². The fourth-order valence-corrected chi connectivity index (χ4v) is 3.33. The average molecular weight is 386 g/mol. The van der Waals surface area contributed by atoms with E-state index in [0.717, 1.165) is 35.5 Å². The van der Waals surface area contributed by atoms with Crippen LogP contribution >= 0.6 is 0 Å². The number of methoxy groups -OCH3 is 1. The second-order valence-electron chi connectivity index (χ2n) is 7.11. The van der Waals surface area contributed by atoms with Crippen molar-refractivity contribution in [3.05, 3.63) is 58.9 Å². The molecule has 1 heterocycles. The van der Waals surface area contributed by atoms with Crippen molar-refractivity contribution in [3.63, 3.8) is 0 Å². The lowest BCUT2D eigenvalue weighted by Gasteiger charge is -2.34. The molecule has 2 aromatic carbocycles. The maximum absolute atomic E-state index is 13.8. The molecule has 150 valence electrons. The van der Waals surface area contributed by atoms with E-state index in [1.807, 2.05) is 43.0 Å². The van der Waals surface area contributed by atoms with Gasteiger partial charge in [0, 0.05) is 32.7 Å². The minimum atomic E-state index is -0.350. The first-order valence-electron chi connectivity index (χ1n) is 9.49. The Bertz CT molecular complexity index is 833. The maximum Gasteiger partial charge on any atom is 0.260 e. The maximum atomic E-state index is 13.8. The van der Waals surface area contributed by atoms with Gasteiger partial charge in [-0.3, -0.25) is 9.69 Å². The first-order chi connectivity index (χ1) is 13.5. The van der Waals surface area contributed by atoms with Crippen molar-refractivity contribution in [3.8, 4) is 11.5 Å². The number of piperazine rings is 1. The van der Waals surface area contributed by atoms with Gasteiger partial charge in [0.15, 0.2) is 18.2 Å². The van der Waals surface area contributed by atoms with Gasteiger partial charge in [0.05, 0.1) is 7.11 Å². The first-order valence-corrected chi connectivity index (χ1v) is 9.49. The molecule has 0 saturated carbocycles. The number of hydrogen-bond acceptors (Lipinski definition) is 4. The standard InChI is InChI=1S/C22H27FN2O3/c1-16-5-4-6-20(17(16)2)28-15-22(26)25-11-9-24(10-12-25)14-18-7-8-21(27-3)19(23)13-18/h4-8,13H,9-12,14-15H2,1-3H3. The lowest BCUT2D eigenvalue weighted by atomic mass is 10.1. The molecule has 0 atom stereocenters. The summed E-state index contributed by atoms with van der Waals surface area (Å²) >= 11 is 0. The zero-order valence-electron chi connectivity index (χ0n) is 16.7. The molecule has 2 aromatic rings. The summed E-state index contributed by atoms with van der Waals surface area (Å²) in [6.07, 6.45) is 0. The summed E-state index contributed by atoms with van der Waals surface area (Å²) in [6.45, 7) is 7.52. The average Bonchev–Trinajstić information content (AvgIpc) is 2.69. The van der Waals surface area contributed by atoms with E-state index in [1.165, 1.54) is 13.2 Å². The number of nitrogens with zero attached hydrogens (tertiary/aromatic N) is 2. The van der Waals surface area contributed by atoms with E-state index in [-0.39, 0.29) is 24.1 Å². The lowest BCUT2D eigenvalue weighted by Crippen LogP contribution is -2.49. The van der Waals surface area contributed by atoms with Crippen molar-refractivity contribution in [2.75, 3.05) is 39.9 Å². The molecule has 0 spiro atoms. The minimum absolute atomic E-state index is 0.00366. The van der Waals surface area contributed by atoms with E-state index in [0.29, 0.717) is 19.6 Å². The van der Waals surface area contributed by atoms with Crippen LogP contribution in [0.4, 0.5) is 4.39 Å². The van der Waals surface area contributed by atoms with Crippen molar-refractivity contribution < 1.29 is 18.7 Å². The molecule has 0 aliphatic carbocycles. The molecule has 0 N–H and O–H groups in total. The molecule has 1 saturated heterocycles. The molecule has 3 rings (SSSR count). The Morgan fingerprint density at radius 2 is 1.82 bits per heavy atom. The molecular formula is C22H27FN2O3. The van der Waals surface area contributed by atoms with Crippen LogP contribution in [0.1, 0.15) is 16.7 Å². The zero-order chi connectivity index (χ0) is 20.1. The van der Waals surface area contributed by atoms with Crippen LogP contribution in [-0.4, -0.2) is 55.6 Å². The minimum Gasteiger partial charge on any atom is -0.494 e. The predicted octanol–water partition coefficient (Wildman–Crippen LogP) is 3.17. The number of benzene rings is 2. The Kier molecular flexibility index (Phi) is 6.52. The van der Waals surface area contributed by atoms with Gasteiger partial charge in [-0.1, -0.05) is 18.2 Å². The van der Waals surface area contributed by atoms with Gasteiger partial charge in [-0.15, -0.1) is 0 Å². The molecule has 0 bridgehead atoms. The van der Waals surface area contributed by atoms with E-state index < -0.39 is 0 Å². The number of hydrogen-bond donors (Lipinski definition) is 0. The quantitative estimate of drug-likeness (QED) is 0.765. The number of ether oxygens (including phenoxy) is 2. The molecule has 28 heavy (non-hydrogen) atoms. The topological polar surface area (TPSA) is 42.0 Å². The van der Waals surface area contributed by atoms with Gasteiger partial charge in [-0.25, -0.2) is 4.39 Å². The van der Waals surface area contributed by atoms with Crippen LogP contribution in [0.5, 0.6) is 11.5 Å². The normalized spacial score (nSPS) is 14.8. The summed E-state index contributed by atoms with van der Waals surface area (Å²) in [6, 6.07) is 10.9. The van der Waals surface area contributed by atoms with E-state index >= 15 is 0 Å². The summed E-state index contributed by atoms with van der Waals surface area (Å²) in [7, 11) is 1.46. The third-order valence-corrected chi connectivity index (χ3v) is 5.25. The summed E-state index contributed by atoms with van der Waals surface area (Å²) in [5, 5.41) is 0. The molecule has 1 aliphatic rings. The Balaban J connectivity index is 1.47. The van der Waals surface area contributed by atoms with Crippen molar-refractivity contribution in [2.24, 2.45) is 0 Å².